The van der Waals surface area contributed by atoms with E-state index >= 15 is 0 Å². The van der Waals surface area contributed by atoms with Crippen LogP contribution in [-0.2, 0) is 4.74 Å². The summed E-state index contributed by atoms with van der Waals surface area (Å²) >= 11 is 0. The van der Waals surface area contributed by atoms with Crippen LogP contribution < -0.4 is 0 Å². The van der Waals surface area contributed by atoms with Crippen molar-refractivity contribution in [2.45, 2.75) is 0 Å². The predicted octanol–water partition coefficient (Wildman–Crippen LogP) is 1.83. The minimum atomic E-state index is -0.588. The maximum absolute atomic E-state index is 12.3. The summed E-state index contributed by atoms with van der Waals surface area (Å²) in [4.78, 5) is 23.8. The highest BCUT2D eigenvalue weighted by molar-refractivity contribution is 6.01. The van der Waals surface area contributed by atoms with Crippen LogP contribution in [0.5, 0.6) is 0 Å². The molecule has 0 amide bonds. The normalized spacial score (nSPS) is 9.68. The third-order valence-corrected chi connectivity index (χ3v) is 2.60. The third kappa shape index (κ3) is 2.38. The highest BCUT2D eigenvalue weighted by atomic mass is 16.5. The van der Waals surface area contributed by atoms with E-state index in [2.05, 4.69) is 4.74 Å². The standard InChI is InChI=1S/C14H10N2O3/c1-19-14(18)12-6-3-7-16(12)13(17)11-5-2-4-10(8-11)9-15/h2-8H,1H3. The average molecular weight is 254 g/mol. The largest absolute Gasteiger partial charge is 0.464 e. The number of benzene rings is 1. The fraction of sp³-hybridized carbons (Fsp3) is 0.0714. The molecule has 1 aromatic carbocycles. The molecule has 0 atom stereocenters. The van der Waals surface area contributed by atoms with E-state index in [0.717, 1.165) is 0 Å². The van der Waals surface area contributed by atoms with Gasteiger partial charge in [0, 0.05) is 11.8 Å². The molecule has 2 rings (SSSR count). The molecule has 0 unspecified atom stereocenters. The van der Waals surface area contributed by atoms with E-state index in [0.29, 0.717) is 11.1 Å². The number of carbonyl (C=O) groups is 2. The first-order valence-electron chi connectivity index (χ1n) is 5.48. The van der Waals surface area contributed by atoms with Crippen molar-refractivity contribution in [3.63, 3.8) is 0 Å². The maximum Gasteiger partial charge on any atom is 0.355 e. The summed E-state index contributed by atoms with van der Waals surface area (Å²) in [5.74, 6) is -0.975. The minimum absolute atomic E-state index is 0.148. The van der Waals surface area contributed by atoms with Crippen LogP contribution in [0, 0.1) is 11.3 Å². The van der Waals surface area contributed by atoms with Crippen LogP contribution in [0.4, 0.5) is 0 Å². The van der Waals surface area contributed by atoms with Crippen LogP contribution in [0.1, 0.15) is 26.4 Å². The van der Waals surface area contributed by atoms with Gasteiger partial charge >= 0.3 is 5.97 Å². The van der Waals surface area contributed by atoms with Gasteiger partial charge in [0.05, 0.1) is 18.7 Å². The maximum atomic E-state index is 12.3. The molecule has 2 aromatic rings. The summed E-state index contributed by atoms with van der Waals surface area (Å²) in [6.45, 7) is 0. The lowest BCUT2D eigenvalue weighted by Gasteiger charge is -2.06. The quantitative estimate of drug-likeness (QED) is 0.766. The molecule has 5 nitrogen and oxygen atoms in total. The second-order valence-electron chi connectivity index (χ2n) is 3.75. The molecule has 0 aliphatic heterocycles. The summed E-state index contributed by atoms with van der Waals surface area (Å²) < 4.78 is 5.80. The Morgan fingerprint density at radius 1 is 1.26 bits per heavy atom. The van der Waals surface area contributed by atoms with Gasteiger partial charge in [-0.05, 0) is 30.3 Å². The number of methoxy groups -OCH3 is 1. The summed E-state index contributed by atoms with van der Waals surface area (Å²) in [6.07, 6.45) is 1.48. The highest BCUT2D eigenvalue weighted by Crippen LogP contribution is 2.11. The molecule has 0 spiro atoms. The van der Waals surface area contributed by atoms with Gasteiger partial charge in [-0.15, -0.1) is 0 Å². The van der Waals surface area contributed by atoms with Crippen molar-refractivity contribution < 1.29 is 14.3 Å². The molecule has 0 saturated carbocycles. The van der Waals surface area contributed by atoms with E-state index in [1.807, 2.05) is 6.07 Å². The van der Waals surface area contributed by atoms with Crippen LogP contribution in [0.25, 0.3) is 0 Å². The number of rotatable bonds is 2. The first-order chi connectivity index (χ1) is 9.17. The van der Waals surface area contributed by atoms with E-state index in [4.69, 9.17) is 5.26 Å². The molecule has 0 bridgehead atoms. The number of carbonyl (C=O) groups excluding carboxylic acids is 2. The predicted molar refractivity (Wildman–Crippen MR) is 66.7 cm³/mol. The van der Waals surface area contributed by atoms with Crippen LogP contribution in [0.2, 0.25) is 0 Å². The number of nitriles is 1. The molecule has 1 heterocycles. The molecular formula is C14H10N2O3. The van der Waals surface area contributed by atoms with E-state index < -0.39 is 5.97 Å². The Bertz CT molecular complexity index is 680. The van der Waals surface area contributed by atoms with Crippen LogP contribution in [0.15, 0.2) is 42.6 Å². The molecule has 0 saturated heterocycles. The van der Waals surface area contributed by atoms with Crippen molar-refractivity contribution in [1.82, 2.24) is 4.57 Å². The fourth-order valence-corrected chi connectivity index (χ4v) is 1.69. The number of nitrogens with zero attached hydrogens (tertiary/aromatic N) is 2. The zero-order valence-electron chi connectivity index (χ0n) is 10.2. The van der Waals surface area contributed by atoms with Crippen molar-refractivity contribution in [2.24, 2.45) is 0 Å². The minimum Gasteiger partial charge on any atom is -0.464 e. The first-order valence-corrected chi connectivity index (χ1v) is 5.48. The van der Waals surface area contributed by atoms with Gasteiger partial charge in [-0.3, -0.25) is 9.36 Å². The SMILES string of the molecule is COC(=O)c1cccn1C(=O)c1cccc(C#N)c1. The molecular weight excluding hydrogens is 244 g/mol. The van der Waals surface area contributed by atoms with E-state index in [1.54, 1.807) is 24.3 Å². The van der Waals surface area contributed by atoms with Gasteiger partial charge in [0.15, 0.2) is 0 Å². The second kappa shape index (κ2) is 5.19. The Morgan fingerprint density at radius 2 is 2.05 bits per heavy atom. The Morgan fingerprint density at radius 3 is 2.74 bits per heavy atom. The van der Waals surface area contributed by atoms with Gasteiger partial charge in [-0.1, -0.05) is 6.07 Å². The Labute approximate surface area is 109 Å². The molecule has 1 aromatic heterocycles. The molecule has 0 radical (unpaired) electrons. The lowest BCUT2D eigenvalue weighted by molar-refractivity contribution is 0.0583. The van der Waals surface area contributed by atoms with Crippen LogP contribution in [-0.4, -0.2) is 23.6 Å². The summed E-state index contributed by atoms with van der Waals surface area (Å²) in [7, 11) is 1.25. The van der Waals surface area contributed by atoms with Crippen molar-refractivity contribution in [3.05, 3.63) is 59.4 Å². The zero-order valence-corrected chi connectivity index (χ0v) is 10.2. The van der Waals surface area contributed by atoms with Crippen LogP contribution >= 0.6 is 0 Å². The Kier molecular flexibility index (Phi) is 3.44. The Balaban J connectivity index is 2.42. The van der Waals surface area contributed by atoms with Crippen molar-refractivity contribution >= 4 is 11.9 Å². The molecule has 0 aliphatic rings. The van der Waals surface area contributed by atoms with E-state index in [9.17, 15) is 9.59 Å². The zero-order chi connectivity index (χ0) is 13.8. The van der Waals surface area contributed by atoms with Crippen molar-refractivity contribution in [2.75, 3.05) is 7.11 Å². The number of hydrogen-bond acceptors (Lipinski definition) is 4. The molecule has 0 N–H and O–H groups in total. The number of esters is 1. The lowest BCUT2D eigenvalue weighted by Crippen LogP contribution is -2.18. The van der Waals surface area contributed by atoms with Gasteiger partial charge < -0.3 is 4.74 Å². The monoisotopic (exact) mass is 254 g/mol. The molecule has 0 fully saturated rings. The second-order valence-corrected chi connectivity index (χ2v) is 3.75. The van der Waals surface area contributed by atoms with Gasteiger partial charge in [-0.2, -0.15) is 5.26 Å². The third-order valence-electron chi connectivity index (χ3n) is 2.60. The first kappa shape index (κ1) is 12.6. The number of hydrogen-bond donors (Lipinski definition) is 0. The van der Waals surface area contributed by atoms with E-state index in [-0.39, 0.29) is 11.6 Å². The lowest BCUT2D eigenvalue weighted by atomic mass is 10.1. The topological polar surface area (TPSA) is 72.1 Å². The Hall–Kier alpha value is -2.87. The van der Waals surface area contributed by atoms with Gasteiger partial charge in [0.25, 0.3) is 5.91 Å². The highest BCUT2D eigenvalue weighted by Gasteiger charge is 2.17. The summed E-state index contributed by atoms with van der Waals surface area (Å²) in [5.41, 5.74) is 0.868. The van der Waals surface area contributed by atoms with Crippen LogP contribution in [0.3, 0.4) is 0 Å². The molecule has 0 aliphatic carbocycles. The number of aromatic nitrogens is 1. The molecule has 94 valence electrons. The van der Waals surface area contributed by atoms with Gasteiger partial charge in [-0.25, -0.2) is 4.79 Å². The van der Waals surface area contributed by atoms with Gasteiger partial charge in [0.1, 0.15) is 5.69 Å². The fourth-order valence-electron chi connectivity index (χ4n) is 1.69. The molecule has 5 heteroatoms. The van der Waals surface area contributed by atoms with Gasteiger partial charge in [0.2, 0.25) is 0 Å². The average Bonchev–Trinajstić information content (AvgIpc) is 2.95. The van der Waals surface area contributed by atoms with Crippen molar-refractivity contribution in [1.29, 1.82) is 5.26 Å². The summed E-state index contributed by atoms with van der Waals surface area (Å²) in [6, 6.07) is 11.3. The van der Waals surface area contributed by atoms with E-state index in [1.165, 1.54) is 30.0 Å². The smallest absolute Gasteiger partial charge is 0.355 e. The number of ether oxygens (including phenoxy) is 1. The molecule has 19 heavy (non-hydrogen) atoms. The van der Waals surface area contributed by atoms with Crippen molar-refractivity contribution in [3.8, 4) is 6.07 Å². The summed E-state index contributed by atoms with van der Waals surface area (Å²) in [5, 5.41) is 8.81.